The molecule has 1 nitrogen and oxygen atoms in total. The van der Waals surface area contributed by atoms with Crippen molar-refractivity contribution in [2.75, 3.05) is 5.32 Å². The summed E-state index contributed by atoms with van der Waals surface area (Å²) in [5, 5.41) is 5.61. The summed E-state index contributed by atoms with van der Waals surface area (Å²) >= 11 is 7.66. The quantitative estimate of drug-likeness (QED) is 0.681. The first kappa shape index (κ1) is 12.4. The molecule has 0 aliphatic heterocycles. The van der Waals surface area contributed by atoms with Crippen molar-refractivity contribution in [1.29, 1.82) is 0 Å². The van der Waals surface area contributed by atoms with Crippen LogP contribution in [0.15, 0.2) is 40.2 Å². The lowest BCUT2D eigenvalue weighted by molar-refractivity contribution is 0.903. The van der Waals surface area contributed by atoms with Gasteiger partial charge < -0.3 is 5.32 Å². The van der Waals surface area contributed by atoms with Crippen molar-refractivity contribution in [1.82, 2.24) is 0 Å². The fourth-order valence-electron chi connectivity index (χ4n) is 1.51. The van der Waals surface area contributed by atoms with Gasteiger partial charge in [0.1, 0.15) is 0 Å². The topological polar surface area (TPSA) is 12.0 Å². The van der Waals surface area contributed by atoms with Gasteiger partial charge in [0, 0.05) is 18.6 Å². The highest BCUT2D eigenvalue weighted by Gasteiger charge is 2.10. The molecule has 1 heterocycles. The molecule has 2 aromatic rings. The van der Waals surface area contributed by atoms with Crippen LogP contribution in [-0.4, -0.2) is 0 Å². The minimum Gasteiger partial charge on any atom is -0.378 e. The van der Waals surface area contributed by atoms with E-state index in [4.69, 9.17) is 0 Å². The molecule has 0 fully saturated rings. The van der Waals surface area contributed by atoms with E-state index in [-0.39, 0.29) is 0 Å². The Bertz CT molecular complexity index is 483. The van der Waals surface area contributed by atoms with Gasteiger partial charge in [-0.2, -0.15) is 0 Å². The molecule has 1 aromatic heterocycles. The molecule has 1 atom stereocenters. The van der Waals surface area contributed by atoms with Gasteiger partial charge in [-0.3, -0.25) is 0 Å². The van der Waals surface area contributed by atoms with Crippen molar-refractivity contribution < 1.29 is 0 Å². The van der Waals surface area contributed by atoms with Crippen LogP contribution in [0.5, 0.6) is 0 Å². The molecular weight excluding hydrogens is 397 g/mol. The highest BCUT2D eigenvalue weighted by molar-refractivity contribution is 14.1. The second-order valence-electron chi connectivity index (χ2n) is 3.51. The van der Waals surface area contributed by atoms with Crippen LogP contribution in [0.25, 0.3) is 0 Å². The van der Waals surface area contributed by atoms with E-state index in [1.807, 2.05) is 0 Å². The highest BCUT2D eigenvalue weighted by atomic mass is 127. The van der Waals surface area contributed by atoms with Crippen molar-refractivity contribution in [2.24, 2.45) is 0 Å². The molecule has 2 rings (SSSR count). The van der Waals surface area contributed by atoms with Crippen LogP contribution in [0.4, 0.5) is 5.69 Å². The maximum absolute atomic E-state index is 3.56. The predicted molar refractivity (Wildman–Crippen MR) is 83.2 cm³/mol. The molecule has 4 heteroatoms. The summed E-state index contributed by atoms with van der Waals surface area (Å²) < 4.78 is 2.43. The minimum atomic E-state index is 0.326. The third-order valence-corrected chi connectivity index (χ3v) is 4.97. The number of thiophene rings is 1. The van der Waals surface area contributed by atoms with Crippen molar-refractivity contribution in [2.45, 2.75) is 13.0 Å². The smallest absolute Gasteiger partial charge is 0.0589 e. The Morgan fingerprint density at radius 3 is 2.81 bits per heavy atom. The first-order valence-electron chi connectivity index (χ1n) is 4.92. The summed E-state index contributed by atoms with van der Waals surface area (Å²) in [7, 11) is 0. The van der Waals surface area contributed by atoms with E-state index >= 15 is 0 Å². The first-order valence-corrected chi connectivity index (χ1v) is 7.67. The number of benzene rings is 1. The van der Waals surface area contributed by atoms with Crippen LogP contribution in [0, 0.1) is 3.57 Å². The molecule has 0 amide bonds. The normalized spacial score (nSPS) is 12.4. The number of hydrogen-bond donors (Lipinski definition) is 1. The Balaban J connectivity index is 2.14. The lowest BCUT2D eigenvalue weighted by atomic mass is 10.2. The number of nitrogens with one attached hydrogen (secondary N) is 1. The van der Waals surface area contributed by atoms with Crippen molar-refractivity contribution in [3.63, 3.8) is 0 Å². The average molecular weight is 408 g/mol. The number of halogens is 2. The lowest BCUT2D eigenvalue weighted by Crippen LogP contribution is -2.05. The molecule has 0 radical (unpaired) electrons. The number of rotatable bonds is 3. The van der Waals surface area contributed by atoms with E-state index < -0.39 is 0 Å². The van der Waals surface area contributed by atoms with E-state index in [9.17, 15) is 0 Å². The van der Waals surface area contributed by atoms with Gasteiger partial charge in [0.05, 0.1) is 6.04 Å². The van der Waals surface area contributed by atoms with Crippen LogP contribution in [0.2, 0.25) is 0 Å². The Morgan fingerprint density at radius 1 is 1.38 bits per heavy atom. The van der Waals surface area contributed by atoms with E-state index in [1.54, 1.807) is 11.3 Å². The number of anilines is 1. The zero-order chi connectivity index (χ0) is 11.5. The van der Waals surface area contributed by atoms with Crippen LogP contribution in [0.1, 0.15) is 17.8 Å². The van der Waals surface area contributed by atoms with E-state index in [0.717, 1.165) is 0 Å². The summed E-state index contributed by atoms with van der Waals surface area (Å²) in [6.07, 6.45) is 0. The Hall–Kier alpha value is -0.0700. The van der Waals surface area contributed by atoms with Gasteiger partial charge in [0.15, 0.2) is 0 Å². The maximum atomic E-state index is 3.56. The summed E-state index contributed by atoms with van der Waals surface area (Å²) in [5.74, 6) is 0. The van der Waals surface area contributed by atoms with Crippen molar-refractivity contribution >= 4 is 55.5 Å². The van der Waals surface area contributed by atoms with Crippen molar-refractivity contribution in [3.8, 4) is 0 Å². The van der Waals surface area contributed by atoms with Gasteiger partial charge in [0.25, 0.3) is 0 Å². The molecule has 0 saturated carbocycles. The second kappa shape index (κ2) is 5.51. The van der Waals surface area contributed by atoms with Gasteiger partial charge in [-0.15, -0.1) is 11.3 Å². The first-order chi connectivity index (χ1) is 7.66. The molecule has 0 aliphatic carbocycles. The van der Waals surface area contributed by atoms with Gasteiger partial charge >= 0.3 is 0 Å². The summed E-state index contributed by atoms with van der Waals surface area (Å²) in [6.45, 7) is 2.18. The summed E-state index contributed by atoms with van der Waals surface area (Å²) in [5.41, 5.74) is 1.17. The fraction of sp³-hybridized carbons (Fsp3) is 0.167. The molecule has 0 bridgehead atoms. The molecule has 1 unspecified atom stereocenters. The van der Waals surface area contributed by atoms with Crippen molar-refractivity contribution in [3.05, 3.63) is 48.6 Å². The van der Waals surface area contributed by atoms with Crippen LogP contribution in [0.3, 0.4) is 0 Å². The Kier molecular flexibility index (Phi) is 4.27. The minimum absolute atomic E-state index is 0.326. The largest absolute Gasteiger partial charge is 0.378 e. The zero-order valence-electron chi connectivity index (χ0n) is 8.71. The lowest BCUT2D eigenvalue weighted by Gasteiger charge is -2.14. The second-order valence-corrected chi connectivity index (χ2v) is 6.56. The molecule has 0 saturated heterocycles. The summed E-state index contributed by atoms with van der Waals surface area (Å²) in [4.78, 5) is 1.33. The number of hydrogen-bond acceptors (Lipinski definition) is 2. The average Bonchev–Trinajstić information content (AvgIpc) is 2.64. The third-order valence-electron chi connectivity index (χ3n) is 2.25. The van der Waals surface area contributed by atoms with Gasteiger partial charge in [-0.05, 0) is 75.1 Å². The zero-order valence-corrected chi connectivity index (χ0v) is 13.3. The van der Waals surface area contributed by atoms with Gasteiger partial charge in [-0.1, -0.05) is 6.07 Å². The van der Waals surface area contributed by atoms with E-state index in [0.29, 0.717) is 6.04 Å². The van der Waals surface area contributed by atoms with Crippen LogP contribution < -0.4 is 5.32 Å². The predicted octanol–water partition coefficient (Wildman–Crippen LogP) is 5.29. The Morgan fingerprint density at radius 2 is 2.19 bits per heavy atom. The fourth-order valence-corrected chi connectivity index (χ4v) is 3.78. The van der Waals surface area contributed by atoms with E-state index in [1.165, 1.54) is 18.6 Å². The molecule has 1 N–H and O–H groups in total. The van der Waals surface area contributed by atoms with Gasteiger partial charge in [0.2, 0.25) is 0 Å². The standard InChI is InChI=1S/C12H11BrINS/c1-8(12-11(13)5-6-16-12)15-10-4-2-3-9(14)7-10/h2-8,15H,1H3. The molecule has 0 aliphatic rings. The third kappa shape index (κ3) is 2.99. The highest BCUT2D eigenvalue weighted by Crippen LogP contribution is 2.31. The SMILES string of the molecule is CC(Nc1cccc(I)c1)c1sccc1Br. The molecule has 1 aromatic carbocycles. The molecule has 84 valence electrons. The van der Waals surface area contributed by atoms with Crippen LogP contribution >= 0.6 is 49.9 Å². The monoisotopic (exact) mass is 407 g/mol. The van der Waals surface area contributed by atoms with Crippen LogP contribution in [-0.2, 0) is 0 Å². The molecule has 0 spiro atoms. The van der Waals surface area contributed by atoms with Gasteiger partial charge in [-0.25, -0.2) is 0 Å². The molecular formula is C12H11BrINS. The summed E-state index contributed by atoms with van der Waals surface area (Å²) in [6, 6.07) is 10.8. The maximum Gasteiger partial charge on any atom is 0.0589 e. The van der Waals surface area contributed by atoms with E-state index in [2.05, 4.69) is 86.5 Å². The Labute approximate surface area is 122 Å². The molecule has 16 heavy (non-hydrogen) atoms.